The van der Waals surface area contributed by atoms with Crippen molar-refractivity contribution in [2.24, 2.45) is 5.92 Å². The number of hydrogen-bond donors (Lipinski definition) is 1. The fraction of sp³-hybridized carbons (Fsp3) is 0.464. The van der Waals surface area contributed by atoms with E-state index >= 15 is 4.39 Å². The van der Waals surface area contributed by atoms with Crippen molar-refractivity contribution >= 4 is 39.9 Å². The van der Waals surface area contributed by atoms with Crippen LogP contribution in [-0.4, -0.2) is 49.4 Å². The molecule has 0 bridgehead atoms. The zero-order valence-corrected chi connectivity index (χ0v) is 22.8. The van der Waals surface area contributed by atoms with Crippen molar-refractivity contribution in [2.75, 3.05) is 42.9 Å². The van der Waals surface area contributed by atoms with Gasteiger partial charge in [-0.1, -0.05) is 27.2 Å². The van der Waals surface area contributed by atoms with E-state index in [0.29, 0.717) is 34.8 Å². The second-order valence-corrected chi connectivity index (χ2v) is 10.4. The summed E-state index contributed by atoms with van der Waals surface area (Å²) in [6, 6.07) is 5.95. The van der Waals surface area contributed by atoms with Crippen molar-refractivity contribution in [1.29, 1.82) is 0 Å². The third-order valence-corrected chi connectivity index (χ3v) is 6.88. The predicted molar refractivity (Wildman–Crippen MR) is 146 cm³/mol. The van der Waals surface area contributed by atoms with Gasteiger partial charge in [-0.2, -0.15) is 0 Å². The number of rotatable bonds is 10. The number of carbonyl (C=O) groups is 1. The molecule has 1 aliphatic heterocycles. The van der Waals surface area contributed by atoms with E-state index in [1.165, 1.54) is 25.6 Å². The van der Waals surface area contributed by atoms with Crippen molar-refractivity contribution in [2.45, 2.75) is 52.1 Å². The molecular formula is C28H35F2N5O3. The van der Waals surface area contributed by atoms with Crippen molar-refractivity contribution < 1.29 is 23.0 Å². The van der Waals surface area contributed by atoms with Gasteiger partial charge in [0.15, 0.2) is 5.82 Å². The lowest BCUT2D eigenvalue weighted by Gasteiger charge is -2.27. The number of nitrogens with zero attached hydrogens (tertiary/aromatic N) is 4. The van der Waals surface area contributed by atoms with Crippen LogP contribution < -0.4 is 19.9 Å². The summed E-state index contributed by atoms with van der Waals surface area (Å²) in [5.74, 6) is -0.398. The molecule has 8 nitrogen and oxygen atoms in total. The lowest BCUT2D eigenvalue weighted by molar-refractivity contribution is 0.0374. The number of methoxy groups -OCH3 is 1. The summed E-state index contributed by atoms with van der Waals surface area (Å²) in [5.41, 5.74) is 0.268. The number of ether oxygens (including phenoxy) is 2. The van der Waals surface area contributed by atoms with E-state index in [0.717, 1.165) is 25.7 Å². The molecule has 38 heavy (non-hydrogen) atoms. The van der Waals surface area contributed by atoms with Gasteiger partial charge >= 0.3 is 6.09 Å². The van der Waals surface area contributed by atoms with E-state index in [4.69, 9.17) is 9.47 Å². The summed E-state index contributed by atoms with van der Waals surface area (Å²) >= 11 is 0. The SMILES string of the molecule is CCCC1(CCC(C)C)CN(c2cc3c(Nc4c(F)ccc(N(C)C)c4F)ncnc3cc2OC)C(=O)O1. The van der Waals surface area contributed by atoms with Crippen molar-refractivity contribution in [3.05, 3.63) is 42.2 Å². The summed E-state index contributed by atoms with van der Waals surface area (Å²) in [6.07, 6.45) is 4.15. The lowest BCUT2D eigenvalue weighted by Crippen LogP contribution is -2.35. The number of carbonyl (C=O) groups excluding carboxylic acids is 1. The number of cyclic esters (lactones) is 1. The Bertz CT molecular complexity index is 1330. The van der Waals surface area contributed by atoms with Crippen LogP contribution in [0.1, 0.15) is 46.5 Å². The molecule has 1 N–H and O–H groups in total. The Labute approximate surface area is 222 Å². The van der Waals surface area contributed by atoms with Gasteiger partial charge in [0.25, 0.3) is 0 Å². The van der Waals surface area contributed by atoms with Crippen LogP contribution in [0.25, 0.3) is 10.9 Å². The fourth-order valence-electron chi connectivity index (χ4n) is 4.87. The van der Waals surface area contributed by atoms with E-state index < -0.39 is 23.3 Å². The quantitative estimate of drug-likeness (QED) is 0.316. The van der Waals surface area contributed by atoms with Crippen LogP contribution >= 0.6 is 0 Å². The third kappa shape index (κ3) is 5.30. The van der Waals surface area contributed by atoms with Crippen LogP contribution in [-0.2, 0) is 4.74 Å². The molecule has 3 aromatic rings. The van der Waals surface area contributed by atoms with Gasteiger partial charge in [-0.3, -0.25) is 4.90 Å². The van der Waals surface area contributed by atoms with Gasteiger partial charge in [0.1, 0.15) is 35.0 Å². The van der Waals surface area contributed by atoms with Gasteiger partial charge in [-0.05, 0) is 43.4 Å². The molecule has 0 radical (unpaired) electrons. The monoisotopic (exact) mass is 527 g/mol. The second kappa shape index (κ2) is 11.0. The molecule has 0 saturated carbocycles. The Morgan fingerprint density at radius 3 is 2.63 bits per heavy atom. The first-order valence-electron chi connectivity index (χ1n) is 12.8. The molecule has 0 aliphatic carbocycles. The van der Waals surface area contributed by atoms with Gasteiger partial charge in [0.05, 0.1) is 30.5 Å². The van der Waals surface area contributed by atoms with Crippen LogP contribution in [0.3, 0.4) is 0 Å². The molecule has 2 heterocycles. The Kier molecular flexibility index (Phi) is 7.89. The zero-order chi connectivity index (χ0) is 27.6. The van der Waals surface area contributed by atoms with E-state index in [1.54, 1.807) is 36.0 Å². The maximum absolute atomic E-state index is 15.2. The summed E-state index contributed by atoms with van der Waals surface area (Å²) in [4.78, 5) is 24.9. The number of amides is 1. The number of nitrogens with one attached hydrogen (secondary N) is 1. The van der Waals surface area contributed by atoms with Gasteiger partial charge < -0.3 is 19.7 Å². The van der Waals surface area contributed by atoms with Crippen LogP contribution in [0.4, 0.5) is 36.5 Å². The molecule has 1 fully saturated rings. The number of aromatic nitrogens is 2. The van der Waals surface area contributed by atoms with Gasteiger partial charge in [-0.25, -0.2) is 23.5 Å². The van der Waals surface area contributed by atoms with E-state index in [2.05, 4.69) is 36.1 Å². The largest absolute Gasteiger partial charge is 0.494 e. The number of hydrogen-bond acceptors (Lipinski definition) is 7. The van der Waals surface area contributed by atoms with E-state index in [-0.39, 0.29) is 17.2 Å². The van der Waals surface area contributed by atoms with Crippen LogP contribution in [0.15, 0.2) is 30.6 Å². The van der Waals surface area contributed by atoms with Crippen molar-refractivity contribution in [3.63, 3.8) is 0 Å². The average Bonchev–Trinajstić information content (AvgIpc) is 3.20. The molecule has 1 aromatic heterocycles. The van der Waals surface area contributed by atoms with Crippen LogP contribution in [0, 0.1) is 17.6 Å². The van der Waals surface area contributed by atoms with E-state index in [1.807, 2.05) is 0 Å². The minimum Gasteiger partial charge on any atom is -0.494 e. The Morgan fingerprint density at radius 1 is 1.21 bits per heavy atom. The highest BCUT2D eigenvalue weighted by molar-refractivity contribution is 6.00. The van der Waals surface area contributed by atoms with Gasteiger partial charge in [0, 0.05) is 25.5 Å². The number of halogens is 2. The molecule has 0 spiro atoms. The highest BCUT2D eigenvalue weighted by Crippen LogP contribution is 2.42. The maximum atomic E-state index is 15.2. The zero-order valence-electron chi connectivity index (χ0n) is 22.8. The highest BCUT2D eigenvalue weighted by Gasteiger charge is 2.45. The molecule has 204 valence electrons. The smallest absolute Gasteiger partial charge is 0.415 e. The van der Waals surface area contributed by atoms with Crippen LogP contribution in [0.5, 0.6) is 5.75 Å². The Hall–Kier alpha value is -3.69. The first-order chi connectivity index (χ1) is 18.1. The average molecular weight is 528 g/mol. The number of benzene rings is 2. The summed E-state index contributed by atoms with van der Waals surface area (Å²) in [6.45, 7) is 6.74. The molecular weight excluding hydrogens is 492 g/mol. The first kappa shape index (κ1) is 27.3. The maximum Gasteiger partial charge on any atom is 0.415 e. The summed E-state index contributed by atoms with van der Waals surface area (Å²) in [7, 11) is 4.86. The first-order valence-corrected chi connectivity index (χ1v) is 12.8. The fourth-order valence-corrected chi connectivity index (χ4v) is 4.87. The molecule has 10 heteroatoms. The molecule has 1 saturated heterocycles. The Morgan fingerprint density at radius 2 is 1.97 bits per heavy atom. The molecule has 1 unspecified atom stereocenters. The summed E-state index contributed by atoms with van der Waals surface area (Å²) < 4.78 is 41.5. The standard InChI is InChI=1S/C28H35F2N5O3/c1-7-11-28(12-10-17(2)3)15-35(27(36)38-28)22-13-18-20(14-23(22)37-6)31-16-32-26(18)33-25-19(29)8-9-21(24(25)30)34(4)5/h8-9,13-14,16-17H,7,10-12,15H2,1-6H3,(H,31,32,33). The third-order valence-electron chi connectivity index (χ3n) is 6.88. The van der Waals surface area contributed by atoms with Crippen LogP contribution in [0.2, 0.25) is 0 Å². The second-order valence-electron chi connectivity index (χ2n) is 10.4. The minimum atomic E-state index is -0.758. The van der Waals surface area contributed by atoms with Gasteiger partial charge in [0.2, 0.25) is 0 Å². The molecule has 1 atom stereocenters. The highest BCUT2D eigenvalue weighted by atomic mass is 19.1. The molecule has 2 aromatic carbocycles. The number of anilines is 4. The van der Waals surface area contributed by atoms with Crippen molar-refractivity contribution in [1.82, 2.24) is 9.97 Å². The molecule has 1 aliphatic rings. The number of fused-ring (bicyclic) bond motifs is 1. The lowest BCUT2D eigenvalue weighted by atomic mass is 9.89. The minimum absolute atomic E-state index is 0.194. The molecule has 1 amide bonds. The summed E-state index contributed by atoms with van der Waals surface area (Å²) in [5, 5.41) is 3.28. The van der Waals surface area contributed by atoms with E-state index in [9.17, 15) is 9.18 Å². The molecule has 4 rings (SSSR count). The van der Waals surface area contributed by atoms with Crippen molar-refractivity contribution in [3.8, 4) is 5.75 Å². The normalized spacial score (nSPS) is 17.3. The Balaban J connectivity index is 1.78. The topological polar surface area (TPSA) is 79.8 Å². The van der Waals surface area contributed by atoms with Gasteiger partial charge in [-0.15, -0.1) is 0 Å². The predicted octanol–water partition coefficient (Wildman–Crippen LogP) is 6.66.